The summed E-state index contributed by atoms with van der Waals surface area (Å²) in [6, 6.07) is 10.4. The third-order valence-corrected chi connectivity index (χ3v) is 4.15. The van der Waals surface area contributed by atoms with E-state index in [1.807, 2.05) is 18.2 Å². The molecule has 2 rings (SSSR count). The Hall–Kier alpha value is -1.59. The van der Waals surface area contributed by atoms with Crippen molar-refractivity contribution in [1.82, 2.24) is 0 Å². The van der Waals surface area contributed by atoms with E-state index in [1.165, 1.54) is 6.07 Å². The lowest BCUT2D eigenvalue weighted by Crippen LogP contribution is -2.22. The molecule has 5 heteroatoms. The summed E-state index contributed by atoms with van der Waals surface area (Å²) < 4.78 is 32.1. The van der Waals surface area contributed by atoms with Gasteiger partial charge in [-0.25, -0.2) is 0 Å². The molecule has 19 heavy (non-hydrogen) atoms. The Kier molecular flexibility index (Phi) is 3.78. The van der Waals surface area contributed by atoms with Crippen molar-refractivity contribution in [1.29, 1.82) is 0 Å². The fraction of sp³-hybridized carbons (Fsp3) is 0.286. The maximum atomic E-state index is 11.4. The summed E-state index contributed by atoms with van der Waals surface area (Å²) in [5, 5.41) is 1.38. The Labute approximate surface area is 113 Å². The first-order valence-corrected chi connectivity index (χ1v) is 7.67. The van der Waals surface area contributed by atoms with Crippen molar-refractivity contribution in [3.63, 3.8) is 0 Å². The second-order valence-electron chi connectivity index (χ2n) is 4.28. The van der Waals surface area contributed by atoms with Crippen LogP contribution < -0.4 is 4.90 Å². The second-order valence-corrected chi connectivity index (χ2v) is 5.67. The molecule has 2 aromatic rings. The van der Waals surface area contributed by atoms with Gasteiger partial charge in [0.15, 0.2) is 0 Å². The summed E-state index contributed by atoms with van der Waals surface area (Å²) >= 11 is 0. The standard InChI is InChI=1S/C14H17NO3S/c1-3-15(4-2)13-9-5-8-12-11(13)7-6-10-14(12)19(16,17)18/h5-10H,3-4H2,1-2H3,(H,16,17,18). The smallest absolute Gasteiger partial charge is 0.295 e. The van der Waals surface area contributed by atoms with Gasteiger partial charge in [-0.2, -0.15) is 8.42 Å². The zero-order valence-corrected chi connectivity index (χ0v) is 11.8. The average Bonchev–Trinajstić information content (AvgIpc) is 2.38. The van der Waals surface area contributed by atoms with Crippen LogP contribution in [0.25, 0.3) is 10.8 Å². The first kappa shape index (κ1) is 13.8. The largest absolute Gasteiger partial charge is 0.372 e. The van der Waals surface area contributed by atoms with E-state index in [0.29, 0.717) is 5.39 Å². The van der Waals surface area contributed by atoms with Gasteiger partial charge in [-0.3, -0.25) is 4.55 Å². The summed E-state index contributed by atoms with van der Waals surface area (Å²) in [5.41, 5.74) is 0.980. The minimum Gasteiger partial charge on any atom is -0.372 e. The first-order chi connectivity index (χ1) is 8.99. The highest BCUT2D eigenvalue weighted by molar-refractivity contribution is 7.86. The Bertz CT molecular complexity index is 691. The quantitative estimate of drug-likeness (QED) is 0.874. The maximum absolute atomic E-state index is 11.4. The molecule has 0 heterocycles. The number of nitrogens with zero attached hydrogens (tertiary/aromatic N) is 1. The summed E-state index contributed by atoms with van der Waals surface area (Å²) in [5.74, 6) is 0. The van der Waals surface area contributed by atoms with E-state index in [9.17, 15) is 13.0 Å². The zero-order valence-electron chi connectivity index (χ0n) is 11.0. The molecule has 0 aliphatic carbocycles. The van der Waals surface area contributed by atoms with Crippen LogP contribution in [0.1, 0.15) is 13.8 Å². The third kappa shape index (κ3) is 2.57. The lowest BCUT2D eigenvalue weighted by Gasteiger charge is -2.23. The number of hydrogen-bond donors (Lipinski definition) is 1. The van der Waals surface area contributed by atoms with Gasteiger partial charge in [0.1, 0.15) is 4.90 Å². The minimum atomic E-state index is -4.20. The highest BCUT2D eigenvalue weighted by Crippen LogP contribution is 2.30. The van der Waals surface area contributed by atoms with Gasteiger partial charge in [-0.05, 0) is 26.0 Å². The zero-order chi connectivity index (χ0) is 14.0. The predicted molar refractivity (Wildman–Crippen MR) is 77.3 cm³/mol. The topological polar surface area (TPSA) is 57.6 Å². The van der Waals surface area contributed by atoms with Crippen molar-refractivity contribution in [2.24, 2.45) is 0 Å². The molecule has 2 aromatic carbocycles. The van der Waals surface area contributed by atoms with Crippen molar-refractivity contribution < 1.29 is 13.0 Å². The number of hydrogen-bond acceptors (Lipinski definition) is 3. The molecule has 0 saturated carbocycles. The minimum absolute atomic E-state index is 0.0426. The van der Waals surface area contributed by atoms with Crippen LogP contribution in [0.3, 0.4) is 0 Å². The number of benzene rings is 2. The van der Waals surface area contributed by atoms with Gasteiger partial charge in [0.05, 0.1) is 0 Å². The molecule has 4 nitrogen and oxygen atoms in total. The summed E-state index contributed by atoms with van der Waals surface area (Å²) in [7, 11) is -4.20. The molecule has 0 aromatic heterocycles. The third-order valence-electron chi connectivity index (χ3n) is 3.24. The predicted octanol–water partition coefficient (Wildman–Crippen LogP) is 2.93. The average molecular weight is 279 g/mol. The monoisotopic (exact) mass is 279 g/mol. The highest BCUT2D eigenvalue weighted by atomic mass is 32.2. The number of rotatable bonds is 4. The lowest BCUT2D eigenvalue weighted by atomic mass is 10.1. The number of anilines is 1. The number of fused-ring (bicyclic) bond motifs is 1. The molecule has 0 bridgehead atoms. The highest BCUT2D eigenvalue weighted by Gasteiger charge is 2.15. The molecule has 102 valence electrons. The van der Waals surface area contributed by atoms with E-state index in [2.05, 4.69) is 18.7 Å². The van der Waals surface area contributed by atoms with Crippen LogP contribution in [0.5, 0.6) is 0 Å². The molecule has 0 radical (unpaired) electrons. The van der Waals surface area contributed by atoms with Crippen LogP contribution in [0.4, 0.5) is 5.69 Å². The fourth-order valence-corrected chi connectivity index (χ4v) is 3.04. The van der Waals surface area contributed by atoms with E-state index in [4.69, 9.17) is 0 Å². The summed E-state index contributed by atoms with van der Waals surface area (Å²) in [6.07, 6.45) is 0. The molecule has 0 fully saturated rings. The molecular formula is C14H17NO3S. The normalized spacial score (nSPS) is 11.7. The van der Waals surface area contributed by atoms with Crippen molar-refractivity contribution in [3.05, 3.63) is 36.4 Å². The summed E-state index contributed by atoms with van der Waals surface area (Å²) in [6.45, 7) is 5.78. The van der Waals surface area contributed by atoms with Crippen LogP contribution in [0.2, 0.25) is 0 Å². The van der Waals surface area contributed by atoms with Gasteiger partial charge < -0.3 is 4.90 Å². The Balaban J connectivity index is 2.78. The van der Waals surface area contributed by atoms with Crippen molar-refractivity contribution in [3.8, 4) is 0 Å². The van der Waals surface area contributed by atoms with Crippen molar-refractivity contribution in [2.45, 2.75) is 18.7 Å². The van der Waals surface area contributed by atoms with Crippen LogP contribution in [-0.4, -0.2) is 26.1 Å². The molecular weight excluding hydrogens is 262 g/mol. The van der Waals surface area contributed by atoms with E-state index >= 15 is 0 Å². The maximum Gasteiger partial charge on any atom is 0.295 e. The molecule has 1 N–H and O–H groups in total. The van der Waals surface area contributed by atoms with Gasteiger partial charge in [0, 0.05) is 29.5 Å². The molecule has 0 amide bonds. The second kappa shape index (κ2) is 5.19. The molecule has 0 saturated heterocycles. The van der Waals surface area contributed by atoms with E-state index in [1.54, 1.807) is 12.1 Å². The van der Waals surface area contributed by atoms with Crippen molar-refractivity contribution in [2.75, 3.05) is 18.0 Å². The molecule has 0 aliphatic heterocycles. The molecule has 0 aliphatic rings. The SMILES string of the molecule is CCN(CC)c1cccc2c(S(=O)(=O)O)cccc12. The van der Waals surface area contributed by atoms with E-state index in [-0.39, 0.29) is 4.90 Å². The Morgan fingerprint density at radius 3 is 2.16 bits per heavy atom. The van der Waals surface area contributed by atoms with E-state index in [0.717, 1.165) is 24.2 Å². The fourth-order valence-electron chi connectivity index (χ4n) is 2.33. The lowest BCUT2D eigenvalue weighted by molar-refractivity contribution is 0.484. The molecule has 0 spiro atoms. The molecule has 0 unspecified atom stereocenters. The molecule has 0 atom stereocenters. The van der Waals surface area contributed by atoms with E-state index < -0.39 is 10.1 Å². The van der Waals surface area contributed by atoms with Crippen LogP contribution in [-0.2, 0) is 10.1 Å². The van der Waals surface area contributed by atoms with Gasteiger partial charge in [0.25, 0.3) is 10.1 Å². The van der Waals surface area contributed by atoms with Crippen LogP contribution in [0, 0.1) is 0 Å². The Morgan fingerprint density at radius 1 is 1.00 bits per heavy atom. The Morgan fingerprint density at radius 2 is 1.58 bits per heavy atom. The van der Waals surface area contributed by atoms with Crippen LogP contribution >= 0.6 is 0 Å². The van der Waals surface area contributed by atoms with Gasteiger partial charge in [0.2, 0.25) is 0 Å². The summed E-state index contributed by atoms with van der Waals surface area (Å²) in [4.78, 5) is 2.11. The van der Waals surface area contributed by atoms with Gasteiger partial charge >= 0.3 is 0 Å². The van der Waals surface area contributed by atoms with Crippen LogP contribution in [0.15, 0.2) is 41.3 Å². The van der Waals surface area contributed by atoms with Gasteiger partial charge in [-0.1, -0.05) is 24.3 Å². The van der Waals surface area contributed by atoms with Crippen molar-refractivity contribution >= 4 is 26.6 Å². The first-order valence-electron chi connectivity index (χ1n) is 6.23. The van der Waals surface area contributed by atoms with Gasteiger partial charge in [-0.15, -0.1) is 0 Å².